The Morgan fingerprint density at radius 2 is 0.889 bits per heavy atom. The van der Waals surface area contributed by atoms with E-state index in [4.69, 9.17) is 5.73 Å². The third kappa shape index (κ3) is 2.41. The summed E-state index contributed by atoms with van der Waals surface area (Å²) >= 11 is 0. The molecule has 2 N–H and O–H groups in total. The van der Waals surface area contributed by atoms with Crippen LogP contribution < -0.4 is 5.73 Å². The van der Waals surface area contributed by atoms with Crippen LogP contribution in [-0.2, 0) is 10.8 Å². The molecule has 0 aliphatic heterocycles. The minimum atomic E-state index is 0.0899. The first-order valence-corrected chi connectivity index (χ1v) is 6.79. The van der Waals surface area contributed by atoms with Crippen molar-refractivity contribution >= 4 is 5.69 Å². The van der Waals surface area contributed by atoms with Gasteiger partial charge in [-0.1, -0.05) is 41.5 Å². The van der Waals surface area contributed by atoms with Gasteiger partial charge < -0.3 is 5.73 Å². The molecule has 1 heteroatoms. The second-order valence-corrected chi connectivity index (χ2v) is 7.54. The van der Waals surface area contributed by atoms with Crippen LogP contribution >= 0.6 is 0 Å². The molecule has 0 spiro atoms. The molecule has 0 amide bonds. The average molecular weight is 247 g/mol. The molecule has 1 nitrogen and oxygen atoms in total. The maximum atomic E-state index is 6.53. The predicted octanol–water partition coefficient (Wildman–Crippen LogP) is 4.79. The van der Waals surface area contributed by atoms with Gasteiger partial charge in [0.25, 0.3) is 0 Å². The topological polar surface area (TPSA) is 26.0 Å². The van der Waals surface area contributed by atoms with Crippen molar-refractivity contribution in [2.75, 3.05) is 5.73 Å². The summed E-state index contributed by atoms with van der Waals surface area (Å²) in [6.07, 6.45) is 0. The molecule has 0 aromatic heterocycles. The van der Waals surface area contributed by atoms with Crippen LogP contribution in [0, 0.1) is 20.8 Å². The zero-order valence-electron chi connectivity index (χ0n) is 13.6. The molecule has 1 aromatic carbocycles. The predicted molar refractivity (Wildman–Crippen MR) is 82.5 cm³/mol. The van der Waals surface area contributed by atoms with Crippen molar-refractivity contribution in [2.45, 2.75) is 73.1 Å². The van der Waals surface area contributed by atoms with Gasteiger partial charge in [-0.15, -0.1) is 0 Å². The van der Waals surface area contributed by atoms with Crippen molar-refractivity contribution < 1.29 is 0 Å². The summed E-state index contributed by atoms with van der Waals surface area (Å²) in [5.74, 6) is 0. The van der Waals surface area contributed by atoms with E-state index in [-0.39, 0.29) is 10.8 Å². The SMILES string of the molecule is Cc1c(C)c(C(C)(C)C)c(N)c(C(C)(C)C)c1C. The highest BCUT2D eigenvalue weighted by molar-refractivity contribution is 5.67. The van der Waals surface area contributed by atoms with Gasteiger partial charge in [-0.2, -0.15) is 0 Å². The Morgan fingerprint density at radius 3 is 1.11 bits per heavy atom. The summed E-state index contributed by atoms with van der Waals surface area (Å²) in [6, 6.07) is 0. The summed E-state index contributed by atoms with van der Waals surface area (Å²) in [7, 11) is 0. The van der Waals surface area contributed by atoms with E-state index in [2.05, 4.69) is 62.3 Å². The maximum Gasteiger partial charge on any atom is 0.0395 e. The molecule has 0 saturated carbocycles. The largest absolute Gasteiger partial charge is 0.398 e. The fourth-order valence-corrected chi connectivity index (χ4v) is 3.12. The van der Waals surface area contributed by atoms with E-state index >= 15 is 0 Å². The van der Waals surface area contributed by atoms with Gasteiger partial charge in [-0.25, -0.2) is 0 Å². The molecule has 0 bridgehead atoms. The van der Waals surface area contributed by atoms with Gasteiger partial charge in [0.1, 0.15) is 0 Å². The fourth-order valence-electron chi connectivity index (χ4n) is 3.12. The minimum absolute atomic E-state index is 0.0899. The molecule has 18 heavy (non-hydrogen) atoms. The first kappa shape index (κ1) is 15.1. The Morgan fingerprint density at radius 1 is 0.611 bits per heavy atom. The number of hydrogen-bond donors (Lipinski definition) is 1. The van der Waals surface area contributed by atoms with Gasteiger partial charge in [-0.05, 0) is 59.4 Å². The molecule has 0 atom stereocenters. The number of hydrogen-bond acceptors (Lipinski definition) is 1. The Balaban J connectivity index is 3.83. The van der Waals surface area contributed by atoms with E-state index in [1.54, 1.807) is 0 Å². The molecule has 0 radical (unpaired) electrons. The lowest BCUT2D eigenvalue weighted by Crippen LogP contribution is -2.24. The maximum absolute atomic E-state index is 6.53. The summed E-state index contributed by atoms with van der Waals surface area (Å²) in [4.78, 5) is 0. The van der Waals surface area contributed by atoms with Crippen LogP contribution in [0.5, 0.6) is 0 Å². The van der Waals surface area contributed by atoms with Crippen LogP contribution in [0.4, 0.5) is 5.69 Å². The fraction of sp³-hybridized carbons (Fsp3) is 0.647. The molecule has 0 fully saturated rings. The third-order valence-corrected chi connectivity index (χ3v) is 3.91. The first-order valence-electron chi connectivity index (χ1n) is 6.79. The summed E-state index contributed by atoms with van der Waals surface area (Å²) in [5, 5.41) is 0. The summed E-state index contributed by atoms with van der Waals surface area (Å²) < 4.78 is 0. The minimum Gasteiger partial charge on any atom is -0.398 e. The van der Waals surface area contributed by atoms with E-state index in [9.17, 15) is 0 Å². The lowest BCUT2D eigenvalue weighted by atomic mass is 9.73. The Hall–Kier alpha value is -0.980. The average Bonchev–Trinajstić information content (AvgIpc) is 2.09. The first-order chi connectivity index (χ1) is 7.89. The standard InChI is InChI=1S/C17H29N/c1-10-11(2)13(16(4,5)6)15(18)14(12(10)3)17(7,8)9/h18H2,1-9H3. The van der Waals surface area contributed by atoms with Crippen molar-refractivity contribution in [3.8, 4) is 0 Å². The van der Waals surface area contributed by atoms with Crippen molar-refractivity contribution in [1.82, 2.24) is 0 Å². The molecular weight excluding hydrogens is 218 g/mol. The van der Waals surface area contributed by atoms with E-state index in [1.165, 1.54) is 27.8 Å². The Kier molecular flexibility index (Phi) is 3.60. The smallest absolute Gasteiger partial charge is 0.0395 e. The Bertz CT molecular complexity index is 427. The molecule has 0 saturated heterocycles. The van der Waals surface area contributed by atoms with Crippen LogP contribution in [0.25, 0.3) is 0 Å². The number of benzene rings is 1. The van der Waals surface area contributed by atoms with E-state index < -0.39 is 0 Å². The van der Waals surface area contributed by atoms with Gasteiger partial charge in [0, 0.05) is 5.69 Å². The van der Waals surface area contributed by atoms with Crippen LogP contribution in [0.1, 0.15) is 69.4 Å². The molecule has 0 heterocycles. The van der Waals surface area contributed by atoms with Gasteiger partial charge in [0.05, 0.1) is 0 Å². The molecule has 1 rings (SSSR count). The number of anilines is 1. The quantitative estimate of drug-likeness (QED) is 0.655. The lowest BCUT2D eigenvalue weighted by molar-refractivity contribution is 0.566. The summed E-state index contributed by atoms with van der Waals surface area (Å²) in [5.41, 5.74) is 14.4. The number of nitrogens with two attached hydrogens (primary N) is 1. The molecule has 0 aliphatic carbocycles. The lowest BCUT2D eigenvalue weighted by Gasteiger charge is -2.33. The van der Waals surface area contributed by atoms with E-state index in [1.807, 2.05) is 0 Å². The Labute approximate surface area is 113 Å². The van der Waals surface area contributed by atoms with E-state index in [0.29, 0.717) is 0 Å². The third-order valence-electron chi connectivity index (χ3n) is 3.91. The number of rotatable bonds is 0. The highest BCUT2D eigenvalue weighted by Crippen LogP contribution is 2.41. The van der Waals surface area contributed by atoms with Crippen LogP contribution in [-0.4, -0.2) is 0 Å². The van der Waals surface area contributed by atoms with Crippen molar-refractivity contribution in [2.24, 2.45) is 0 Å². The zero-order valence-corrected chi connectivity index (χ0v) is 13.6. The molecular formula is C17H29N. The van der Waals surface area contributed by atoms with Crippen molar-refractivity contribution in [3.63, 3.8) is 0 Å². The molecule has 1 aromatic rings. The van der Waals surface area contributed by atoms with E-state index in [0.717, 1.165) is 5.69 Å². The zero-order chi connectivity index (χ0) is 14.5. The van der Waals surface area contributed by atoms with Gasteiger partial charge in [0.15, 0.2) is 0 Å². The summed E-state index contributed by atoms with van der Waals surface area (Å²) in [6.45, 7) is 20.1. The van der Waals surface area contributed by atoms with Crippen LogP contribution in [0.15, 0.2) is 0 Å². The normalized spacial score (nSPS) is 12.9. The highest BCUT2D eigenvalue weighted by Gasteiger charge is 2.28. The molecule has 0 unspecified atom stereocenters. The van der Waals surface area contributed by atoms with Gasteiger partial charge in [0.2, 0.25) is 0 Å². The second kappa shape index (κ2) is 4.29. The van der Waals surface area contributed by atoms with Gasteiger partial charge >= 0.3 is 0 Å². The monoisotopic (exact) mass is 247 g/mol. The van der Waals surface area contributed by atoms with Crippen molar-refractivity contribution in [1.29, 1.82) is 0 Å². The second-order valence-electron chi connectivity index (χ2n) is 7.54. The molecule has 102 valence electrons. The molecule has 0 aliphatic rings. The van der Waals surface area contributed by atoms with Crippen molar-refractivity contribution in [3.05, 3.63) is 27.8 Å². The number of nitrogen functional groups attached to an aromatic ring is 1. The highest BCUT2D eigenvalue weighted by atomic mass is 14.6. The van der Waals surface area contributed by atoms with Gasteiger partial charge in [-0.3, -0.25) is 0 Å². The van der Waals surface area contributed by atoms with Crippen LogP contribution in [0.3, 0.4) is 0 Å². The van der Waals surface area contributed by atoms with Crippen LogP contribution in [0.2, 0.25) is 0 Å².